The van der Waals surface area contributed by atoms with Gasteiger partial charge in [-0.05, 0) is 54.7 Å². The topological polar surface area (TPSA) is 122 Å². The third-order valence-corrected chi connectivity index (χ3v) is 8.23. The van der Waals surface area contributed by atoms with E-state index in [0.717, 1.165) is 23.1 Å². The van der Waals surface area contributed by atoms with Crippen LogP contribution in [0.1, 0.15) is 29.5 Å². The first-order valence-corrected chi connectivity index (χ1v) is 15.5. The summed E-state index contributed by atoms with van der Waals surface area (Å²) in [5, 5.41) is 6.26. The van der Waals surface area contributed by atoms with E-state index in [1.54, 1.807) is 14.2 Å². The van der Waals surface area contributed by atoms with E-state index >= 15 is 0 Å². The fourth-order valence-corrected chi connectivity index (χ4v) is 5.83. The maximum absolute atomic E-state index is 13.5. The zero-order valence-corrected chi connectivity index (χ0v) is 25.6. The van der Waals surface area contributed by atoms with Gasteiger partial charge in [-0.2, -0.15) is 0 Å². The summed E-state index contributed by atoms with van der Waals surface area (Å²) in [6.07, 6.45) is 1.82. The molecule has 3 aromatic rings. The van der Waals surface area contributed by atoms with Gasteiger partial charge in [0.05, 0.1) is 25.7 Å². The van der Waals surface area contributed by atoms with E-state index in [1.807, 2.05) is 72.8 Å². The standard InChI is InChI=1S/C33H35N5O5S/c1-42-27-14-12-23(20-28(27)43-2)17-19-35-30(40)21-44-33-37-25-11-7-6-10-24(25)31-36-26(32(41)38(31)33)13-15-29(39)34-18-16-22-8-4-3-5-9-22/h3-12,14,20,26H,13,15-19,21H2,1-2H3,(H,34,39)(H,35,40)/t26-/m0/s1. The second kappa shape index (κ2) is 14.7. The Morgan fingerprint density at radius 3 is 2.34 bits per heavy atom. The van der Waals surface area contributed by atoms with Crippen LogP contribution in [0.4, 0.5) is 5.69 Å². The molecule has 2 aliphatic heterocycles. The Morgan fingerprint density at radius 1 is 0.864 bits per heavy atom. The molecule has 0 unspecified atom stereocenters. The Kier molecular flexibility index (Phi) is 10.3. The highest BCUT2D eigenvalue weighted by atomic mass is 32.2. The first-order chi connectivity index (χ1) is 21.5. The van der Waals surface area contributed by atoms with E-state index < -0.39 is 6.04 Å². The molecule has 1 atom stereocenters. The zero-order chi connectivity index (χ0) is 30.9. The highest BCUT2D eigenvalue weighted by Crippen LogP contribution is 2.34. The lowest BCUT2D eigenvalue weighted by Gasteiger charge is -2.25. The van der Waals surface area contributed by atoms with Gasteiger partial charge < -0.3 is 20.1 Å². The number of carbonyl (C=O) groups is 3. The van der Waals surface area contributed by atoms with Crippen molar-refractivity contribution in [1.29, 1.82) is 0 Å². The molecule has 10 nitrogen and oxygen atoms in total. The average Bonchev–Trinajstić information content (AvgIpc) is 3.39. The van der Waals surface area contributed by atoms with Gasteiger partial charge in [0.1, 0.15) is 11.9 Å². The van der Waals surface area contributed by atoms with Gasteiger partial charge in [-0.3, -0.25) is 19.4 Å². The Morgan fingerprint density at radius 2 is 1.57 bits per heavy atom. The summed E-state index contributed by atoms with van der Waals surface area (Å²) in [7, 11) is 3.17. The normalized spacial score (nSPS) is 15.1. The summed E-state index contributed by atoms with van der Waals surface area (Å²) in [6.45, 7) is 0.967. The van der Waals surface area contributed by atoms with Crippen molar-refractivity contribution in [2.75, 3.05) is 33.1 Å². The number of hydrogen-bond acceptors (Lipinski definition) is 8. The van der Waals surface area contributed by atoms with Crippen molar-refractivity contribution < 1.29 is 23.9 Å². The first-order valence-electron chi connectivity index (χ1n) is 14.5. The molecule has 0 radical (unpaired) electrons. The van der Waals surface area contributed by atoms with Crippen LogP contribution in [0.3, 0.4) is 0 Å². The molecule has 0 bridgehead atoms. The Labute approximate surface area is 260 Å². The molecule has 5 rings (SSSR count). The minimum absolute atomic E-state index is 0.0818. The predicted molar refractivity (Wildman–Crippen MR) is 172 cm³/mol. The van der Waals surface area contributed by atoms with E-state index in [4.69, 9.17) is 19.5 Å². The monoisotopic (exact) mass is 613 g/mol. The van der Waals surface area contributed by atoms with Crippen LogP contribution in [-0.2, 0) is 27.2 Å². The SMILES string of the molecule is COc1ccc(CCNC(=O)CSC2=Nc3ccccc3C3=N[C@@H](CCC(=O)NCCc4ccccc4)C(=O)N23)cc1OC. The summed E-state index contributed by atoms with van der Waals surface area (Å²) in [4.78, 5) is 49.7. The third-order valence-electron chi connectivity index (χ3n) is 7.29. The number of nitrogens with zero attached hydrogens (tertiary/aromatic N) is 3. The lowest BCUT2D eigenvalue weighted by molar-refractivity contribution is -0.125. The molecule has 44 heavy (non-hydrogen) atoms. The van der Waals surface area contributed by atoms with Crippen LogP contribution in [-0.4, -0.2) is 72.7 Å². The van der Waals surface area contributed by atoms with E-state index in [-0.39, 0.29) is 36.3 Å². The van der Waals surface area contributed by atoms with Gasteiger partial charge in [-0.25, -0.2) is 9.89 Å². The number of methoxy groups -OCH3 is 2. The van der Waals surface area contributed by atoms with Crippen molar-refractivity contribution in [2.24, 2.45) is 9.98 Å². The molecule has 11 heteroatoms. The number of benzene rings is 3. The molecule has 0 aromatic heterocycles. The number of amidine groups is 2. The van der Waals surface area contributed by atoms with Gasteiger partial charge in [0, 0.05) is 25.1 Å². The maximum Gasteiger partial charge on any atom is 0.259 e. The van der Waals surface area contributed by atoms with Crippen LogP contribution < -0.4 is 20.1 Å². The molecular weight excluding hydrogens is 578 g/mol. The number of amides is 3. The number of fused-ring (bicyclic) bond motifs is 3. The van der Waals surface area contributed by atoms with Crippen LogP contribution >= 0.6 is 11.8 Å². The Hall–Kier alpha value is -4.64. The number of rotatable bonds is 13. The number of carbonyl (C=O) groups excluding carboxylic acids is 3. The number of para-hydroxylation sites is 1. The van der Waals surface area contributed by atoms with Crippen molar-refractivity contribution in [3.8, 4) is 11.5 Å². The summed E-state index contributed by atoms with van der Waals surface area (Å²) >= 11 is 1.19. The number of ether oxygens (including phenoxy) is 2. The third kappa shape index (κ3) is 7.46. The summed E-state index contributed by atoms with van der Waals surface area (Å²) in [6, 6.07) is 22.4. The van der Waals surface area contributed by atoms with E-state index in [2.05, 4.69) is 10.6 Å². The molecule has 0 saturated heterocycles. The first kappa shape index (κ1) is 30.8. The Balaban J connectivity index is 1.15. The Bertz CT molecular complexity index is 1580. The maximum atomic E-state index is 13.5. The second-order valence-corrected chi connectivity index (χ2v) is 11.2. The van der Waals surface area contributed by atoms with Gasteiger partial charge in [0.25, 0.3) is 5.91 Å². The summed E-state index contributed by atoms with van der Waals surface area (Å²) in [5.74, 6) is 1.34. The molecular formula is C33H35N5O5S. The van der Waals surface area contributed by atoms with Gasteiger partial charge in [-0.1, -0.05) is 60.3 Å². The van der Waals surface area contributed by atoms with Gasteiger partial charge in [0.15, 0.2) is 16.7 Å². The van der Waals surface area contributed by atoms with E-state index in [9.17, 15) is 14.4 Å². The van der Waals surface area contributed by atoms with Crippen molar-refractivity contribution in [1.82, 2.24) is 15.5 Å². The molecule has 0 aliphatic carbocycles. The molecule has 2 aliphatic rings. The number of hydrogen-bond donors (Lipinski definition) is 2. The van der Waals surface area contributed by atoms with Gasteiger partial charge in [0.2, 0.25) is 11.8 Å². The van der Waals surface area contributed by atoms with Crippen molar-refractivity contribution >= 4 is 46.2 Å². The summed E-state index contributed by atoms with van der Waals surface area (Å²) in [5.41, 5.74) is 3.59. The lowest BCUT2D eigenvalue weighted by Crippen LogP contribution is -2.42. The van der Waals surface area contributed by atoms with Crippen LogP contribution in [0.2, 0.25) is 0 Å². The minimum atomic E-state index is -0.697. The zero-order valence-electron chi connectivity index (χ0n) is 24.7. The fraction of sp³-hybridized carbons (Fsp3) is 0.303. The van der Waals surface area contributed by atoms with Gasteiger partial charge >= 0.3 is 0 Å². The number of thioether (sulfide) groups is 1. The molecule has 0 spiro atoms. The smallest absolute Gasteiger partial charge is 0.259 e. The van der Waals surface area contributed by atoms with Gasteiger partial charge in [-0.15, -0.1) is 0 Å². The molecule has 0 fully saturated rings. The molecule has 3 amide bonds. The molecule has 228 valence electrons. The highest BCUT2D eigenvalue weighted by Gasteiger charge is 2.41. The number of nitrogens with one attached hydrogen (secondary N) is 2. The van der Waals surface area contributed by atoms with E-state index in [0.29, 0.717) is 47.7 Å². The lowest BCUT2D eigenvalue weighted by atomic mass is 10.1. The van der Waals surface area contributed by atoms with Crippen LogP contribution in [0.15, 0.2) is 82.8 Å². The van der Waals surface area contributed by atoms with Crippen LogP contribution in [0, 0.1) is 0 Å². The fourth-order valence-electron chi connectivity index (χ4n) is 5.00. The second-order valence-electron chi connectivity index (χ2n) is 10.3. The van der Waals surface area contributed by atoms with Crippen molar-refractivity contribution in [2.45, 2.75) is 31.7 Å². The molecule has 0 saturated carbocycles. The molecule has 2 N–H and O–H groups in total. The molecule has 3 aromatic carbocycles. The highest BCUT2D eigenvalue weighted by molar-refractivity contribution is 8.14. The minimum Gasteiger partial charge on any atom is -0.493 e. The summed E-state index contributed by atoms with van der Waals surface area (Å²) < 4.78 is 10.6. The quantitative estimate of drug-likeness (QED) is 0.302. The number of aliphatic imine (C=N–C) groups is 2. The van der Waals surface area contributed by atoms with Crippen molar-refractivity contribution in [3.05, 3.63) is 89.5 Å². The van der Waals surface area contributed by atoms with E-state index in [1.165, 1.54) is 16.7 Å². The van der Waals surface area contributed by atoms with Crippen LogP contribution in [0.25, 0.3) is 0 Å². The van der Waals surface area contributed by atoms with Crippen LogP contribution in [0.5, 0.6) is 11.5 Å². The molecule has 2 heterocycles. The largest absolute Gasteiger partial charge is 0.493 e. The predicted octanol–water partition coefficient (Wildman–Crippen LogP) is 3.89. The average molecular weight is 614 g/mol. The van der Waals surface area contributed by atoms with Crippen molar-refractivity contribution in [3.63, 3.8) is 0 Å².